The molecule has 0 aromatic rings. The molecule has 0 saturated heterocycles. The topological polar surface area (TPSA) is 55.1 Å². The maximum atomic E-state index is 11.5. The van der Waals surface area contributed by atoms with Gasteiger partial charge in [0.15, 0.2) is 0 Å². The van der Waals surface area contributed by atoms with Crippen LogP contribution in [0.15, 0.2) is 0 Å². The minimum Gasteiger partial charge on any atom is -0.356 e. The van der Waals surface area contributed by atoms with E-state index in [2.05, 4.69) is 12.2 Å². The molecule has 3 nitrogen and oxygen atoms in total. The van der Waals surface area contributed by atoms with Crippen molar-refractivity contribution in [2.45, 2.75) is 45.4 Å². The smallest absolute Gasteiger partial charge is 0.220 e. The van der Waals surface area contributed by atoms with Gasteiger partial charge >= 0.3 is 0 Å². The van der Waals surface area contributed by atoms with Crippen molar-refractivity contribution in [1.29, 1.82) is 0 Å². The molecule has 1 aliphatic carbocycles. The van der Waals surface area contributed by atoms with E-state index in [9.17, 15) is 4.79 Å². The van der Waals surface area contributed by atoms with Crippen molar-refractivity contribution in [2.75, 3.05) is 13.1 Å². The second-order valence-corrected chi connectivity index (χ2v) is 4.83. The zero-order valence-electron chi connectivity index (χ0n) is 10.2. The SMILES string of the molecule is CC1CCC(CC(=O)NCCCCN)C1.Cl. The first-order valence-electron chi connectivity index (χ1n) is 6.19. The van der Waals surface area contributed by atoms with Crippen LogP contribution in [0.3, 0.4) is 0 Å². The van der Waals surface area contributed by atoms with Crippen LogP contribution >= 0.6 is 12.4 Å². The predicted octanol–water partition coefficient (Wildman–Crippen LogP) is 2.09. The quantitative estimate of drug-likeness (QED) is 0.708. The van der Waals surface area contributed by atoms with E-state index in [0.717, 1.165) is 38.3 Å². The summed E-state index contributed by atoms with van der Waals surface area (Å²) in [6.45, 7) is 3.79. The fraction of sp³-hybridized carbons (Fsp3) is 0.917. The lowest BCUT2D eigenvalue weighted by atomic mass is 10.0. The van der Waals surface area contributed by atoms with E-state index >= 15 is 0 Å². The van der Waals surface area contributed by atoms with E-state index in [4.69, 9.17) is 5.73 Å². The number of hydrogen-bond donors (Lipinski definition) is 2. The van der Waals surface area contributed by atoms with Gasteiger partial charge in [-0.2, -0.15) is 0 Å². The summed E-state index contributed by atoms with van der Waals surface area (Å²) in [4.78, 5) is 11.5. The van der Waals surface area contributed by atoms with E-state index in [0.29, 0.717) is 5.92 Å². The van der Waals surface area contributed by atoms with Crippen molar-refractivity contribution in [3.8, 4) is 0 Å². The lowest BCUT2D eigenvalue weighted by molar-refractivity contribution is -0.122. The van der Waals surface area contributed by atoms with Crippen molar-refractivity contribution in [3.63, 3.8) is 0 Å². The molecular weight excluding hydrogens is 224 g/mol. The van der Waals surface area contributed by atoms with Crippen molar-refractivity contribution in [3.05, 3.63) is 0 Å². The average Bonchev–Trinajstić information content (AvgIpc) is 2.59. The van der Waals surface area contributed by atoms with Gasteiger partial charge in [-0.05, 0) is 44.1 Å². The third-order valence-corrected chi connectivity index (χ3v) is 3.23. The van der Waals surface area contributed by atoms with E-state index in [1.54, 1.807) is 0 Å². The molecule has 4 heteroatoms. The zero-order valence-corrected chi connectivity index (χ0v) is 11.0. The highest BCUT2D eigenvalue weighted by atomic mass is 35.5. The maximum Gasteiger partial charge on any atom is 0.220 e. The summed E-state index contributed by atoms with van der Waals surface area (Å²) in [5, 5.41) is 2.96. The molecule has 0 aliphatic heterocycles. The largest absolute Gasteiger partial charge is 0.356 e. The molecule has 0 aromatic heterocycles. The summed E-state index contributed by atoms with van der Waals surface area (Å²) in [6.07, 6.45) is 6.50. The molecule has 2 unspecified atom stereocenters. The summed E-state index contributed by atoms with van der Waals surface area (Å²) in [5.41, 5.74) is 5.38. The first-order chi connectivity index (χ1) is 7.22. The van der Waals surface area contributed by atoms with Crippen LogP contribution in [0.2, 0.25) is 0 Å². The lowest BCUT2D eigenvalue weighted by Gasteiger charge is -2.09. The molecule has 2 atom stereocenters. The summed E-state index contributed by atoms with van der Waals surface area (Å²) in [5.74, 6) is 1.68. The maximum absolute atomic E-state index is 11.5. The first kappa shape index (κ1) is 15.7. The number of hydrogen-bond acceptors (Lipinski definition) is 2. The van der Waals surface area contributed by atoms with Crippen LogP contribution in [-0.2, 0) is 4.79 Å². The van der Waals surface area contributed by atoms with E-state index in [-0.39, 0.29) is 18.3 Å². The number of nitrogens with one attached hydrogen (secondary N) is 1. The minimum atomic E-state index is 0. The number of carbonyl (C=O) groups excluding carboxylic acids is 1. The van der Waals surface area contributed by atoms with Crippen molar-refractivity contribution >= 4 is 18.3 Å². The third kappa shape index (κ3) is 6.33. The summed E-state index contributed by atoms with van der Waals surface area (Å²) in [7, 11) is 0. The number of carbonyl (C=O) groups is 1. The highest BCUT2D eigenvalue weighted by molar-refractivity contribution is 5.85. The van der Waals surface area contributed by atoms with Crippen LogP contribution in [0.25, 0.3) is 0 Å². The van der Waals surface area contributed by atoms with Crippen molar-refractivity contribution in [1.82, 2.24) is 5.32 Å². The monoisotopic (exact) mass is 248 g/mol. The van der Waals surface area contributed by atoms with Crippen molar-refractivity contribution in [2.24, 2.45) is 17.6 Å². The van der Waals surface area contributed by atoms with Crippen LogP contribution in [0.4, 0.5) is 0 Å². The van der Waals surface area contributed by atoms with Gasteiger partial charge in [-0.15, -0.1) is 12.4 Å². The highest BCUT2D eigenvalue weighted by Gasteiger charge is 2.23. The Balaban J connectivity index is 0.00000225. The second-order valence-electron chi connectivity index (χ2n) is 4.83. The van der Waals surface area contributed by atoms with Gasteiger partial charge in [-0.1, -0.05) is 13.3 Å². The van der Waals surface area contributed by atoms with Crippen LogP contribution in [0.1, 0.15) is 45.4 Å². The standard InChI is InChI=1S/C12H24N2O.ClH/c1-10-4-5-11(8-10)9-12(15)14-7-3-2-6-13;/h10-11H,2-9,13H2,1H3,(H,14,15);1H. The molecule has 0 heterocycles. The summed E-state index contributed by atoms with van der Waals surface area (Å²) in [6, 6.07) is 0. The van der Waals surface area contributed by atoms with Gasteiger partial charge in [0.25, 0.3) is 0 Å². The number of nitrogens with two attached hydrogens (primary N) is 1. The van der Waals surface area contributed by atoms with Crippen LogP contribution < -0.4 is 11.1 Å². The van der Waals surface area contributed by atoms with Gasteiger partial charge < -0.3 is 11.1 Å². The molecule has 0 radical (unpaired) electrons. The summed E-state index contributed by atoms with van der Waals surface area (Å²) >= 11 is 0. The van der Waals surface area contributed by atoms with Crippen LogP contribution in [-0.4, -0.2) is 19.0 Å². The number of amides is 1. The Bertz CT molecular complexity index is 199. The fourth-order valence-corrected chi connectivity index (χ4v) is 2.34. The highest BCUT2D eigenvalue weighted by Crippen LogP contribution is 2.32. The van der Waals surface area contributed by atoms with E-state index < -0.39 is 0 Å². The lowest BCUT2D eigenvalue weighted by Crippen LogP contribution is -2.26. The normalized spacial score (nSPS) is 23.9. The molecule has 1 amide bonds. The summed E-state index contributed by atoms with van der Waals surface area (Å²) < 4.78 is 0. The van der Waals surface area contributed by atoms with E-state index in [1.807, 2.05) is 0 Å². The number of unbranched alkanes of at least 4 members (excludes halogenated alkanes) is 1. The molecule has 1 rings (SSSR count). The first-order valence-corrected chi connectivity index (χ1v) is 6.19. The molecule has 0 spiro atoms. The minimum absolute atomic E-state index is 0. The molecule has 0 bridgehead atoms. The molecule has 0 aromatic carbocycles. The molecule has 16 heavy (non-hydrogen) atoms. The number of rotatable bonds is 6. The molecule has 96 valence electrons. The van der Waals surface area contributed by atoms with Crippen molar-refractivity contribution < 1.29 is 4.79 Å². The second kappa shape index (κ2) is 8.82. The fourth-order valence-electron chi connectivity index (χ4n) is 2.34. The van der Waals surface area contributed by atoms with Gasteiger partial charge in [0.05, 0.1) is 0 Å². The average molecular weight is 249 g/mol. The van der Waals surface area contributed by atoms with E-state index in [1.165, 1.54) is 19.3 Å². The molecular formula is C12H25ClN2O. The zero-order chi connectivity index (χ0) is 11.1. The van der Waals surface area contributed by atoms with Crippen LogP contribution in [0.5, 0.6) is 0 Å². The molecule has 3 N–H and O–H groups in total. The Hall–Kier alpha value is -0.280. The Morgan fingerprint density at radius 3 is 2.69 bits per heavy atom. The molecule has 1 aliphatic rings. The predicted molar refractivity (Wildman–Crippen MR) is 69.7 cm³/mol. The Kier molecular flexibility index (Phi) is 8.67. The van der Waals surface area contributed by atoms with Gasteiger partial charge in [0.1, 0.15) is 0 Å². The molecule has 1 saturated carbocycles. The number of halogens is 1. The van der Waals surface area contributed by atoms with Gasteiger partial charge in [0.2, 0.25) is 5.91 Å². The van der Waals surface area contributed by atoms with Crippen LogP contribution in [0, 0.1) is 11.8 Å². The Morgan fingerprint density at radius 1 is 1.38 bits per heavy atom. The van der Waals surface area contributed by atoms with Gasteiger partial charge in [-0.25, -0.2) is 0 Å². The van der Waals surface area contributed by atoms with Gasteiger partial charge in [0, 0.05) is 13.0 Å². The Morgan fingerprint density at radius 2 is 2.12 bits per heavy atom. The molecule has 1 fully saturated rings. The third-order valence-electron chi connectivity index (χ3n) is 3.23. The van der Waals surface area contributed by atoms with Gasteiger partial charge in [-0.3, -0.25) is 4.79 Å². The Labute approximate surface area is 105 Å².